The summed E-state index contributed by atoms with van der Waals surface area (Å²) in [6, 6.07) is 11.9. The van der Waals surface area contributed by atoms with E-state index in [1.165, 1.54) is 12.8 Å². The molecule has 2 rings (SSSR count). The van der Waals surface area contributed by atoms with E-state index in [1.807, 2.05) is 43.4 Å². The monoisotopic (exact) mass is 311 g/mol. The van der Waals surface area contributed by atoms with Crippen molar-refractivity contribution in [2.24, 2.45) is 0 Å². The van der Waals surface area contributed by atoms with Gasteiger partial charge in [-0.15, -0.1) is 0 Å². The summed E-state index contributed by atoms with van der Waals surface area (Å²) in [5.41, 5.74) is 2.63. The van der Waals surface area contributed by atoms with Gasteiger partial charge in [-0.25, -0.2) is 0 Å². The summed E-state index contributed by atoms with van der Waals surface area (Å²) in [7, 11) is 1.82. The van der Waals surface area contributed by atoms with E-state index in [0.717, 1.165) is 24.2 Å². The number of nitrogens with zero attached hydrogens (tertiary/aromatic N) is 2. The van der Waals surface area contributed by atoms with Gasteiger partial charge in [0.2, 0.25) is 0 Å². The lowest BCUT2D eigenvalue weighted by molar-refractivity contribution is 0.0784. The lowest BCUT2D eigenvalue weighted by atomic mass is 10.2. The summed E-state index contributed by atoms with van der Waals surface area (Å²) in [6.45, 7) is 3.68. The third-order valence-electron chi connectivity index (χ3n) is 3.70. The molecule has 122 valence electrons. The number of hydrogen-bond donors (Lipinski definition) is 1. The van der Waals surface area contributed by atoms with E-state index >= 15 is 0 Å². The van der Waals surface area contributed by atoms with Gasteiger partial charge in [0.15, 0.2) is 0 Å². The Labute approximate surface area is 138 Å². The number of carbonyl (C=O) groups is 1. The molecule has 0 bridgehead atoms. The van der Waals surface area contributed by atoms with Crippen LogP contribution in [0.15, 0.2) is 48.8 Å². The van der Waals surface area contributed by atoms with E-state index in [9.17, 15) is 4.79 Å². The fourth-order valence-corrected chi connectivity index (χ4v) is 2.41. The molecule has 4 nitrogen and oxygen atoms in total. The van der Waals surface area contributed by atoms with E-state index in [-0.39, 0.29) is 5.91 Å². The fraction of sp³-hybridized carbons (Fsp3) is 0.368. The van der Waals surface area contributed by atoms with Crippen LogP contribution >= 0.6 is 0 Å². The van der Waals surface area contributed by atoms with Crippen molar-refractivity contribution in [2.45, 2.75) is 32.7 Å². The molecule has 1 heterocycles. The summed E-state index contributed by atoms with van der Waals surface area (Å²) in [5.74, 6) is -0.0152. The van der Waals surface area contributed by atoms with Crippen LogP contribution in [0.5, 0.6) is 0 Å². The molecule has 0 saturated carbocycles. The molecule has 0 saturated heterocycles. The highest BCUT2D eigenvalue weighted by atomic mass is 16.2. The number of rotatable bonds is 8. The quantitative estimate of drug-likeness (QED) is 0.751. The Morgan fingerprint density at radius 3 is 2.70 bits per heavy atom. The molecule has 1 aromatic carbocycles. The predicted octanol–water partition coefficient (Wildman–Crippen LogP) is 3.96. The van der Waals surface area contributed by atoms with Crippen LogP contribution in [0.4, 0.5) is 5.69 Å². The average molecular weight is 311 g/mol. The van der Waals surface area contributed by atoms with Gasteiger partial charge in [0.1, 0.15) is 0 Å². The molecule has 4 heteroatoms. The first-order chi connectivity index (χ1) is 11.2. The highest BCUT2D eigenvalue weighted by molar-refractivity contribution is 5.94. The first-order valence-electron chi connectivity index (χ1n) is 8.19. The van der Waals surface area contributed by atoms with Gasteiger partial charge in [0, 0.05) is 32.5 Å². The summed E-state index contributed by atoms with van der Waals surface area (Å²) in [5, 5.41) is 3.33. The highest BCUT2D eigenvalue weighted by Gasteiger charge is 2.13. The molecule has 0 aliphatic heterocycles. The molecule has 0 radical (unpaired) electrons. The highest BCUT2D eigenvalue weighted by Crippen LogP contribution is 2.12. The first kappa shape index (κ1) is 17.0. The summed E-state index contributed by atoms with van der Waals surface area (Å²) >= 11 is 0. The van der Waals surface area contributed by atoms with Crippen molar-refractivity contribution in [3.8, 4) is 0 Å². The molecule has 0 aliphatic carbocycles. The van der Waals surface area contributed by atoms with Crippen molar-refractivity contribution in [1.82, 2.24) is 9.88 Å². The molecule has 0 unspecified atom stereocenters. The minimum atomic E-state index is -0.0152. The zero-order valence-electron chi connectivity index (χ0n) is 14.0. The number of unbranched alkanes of at least 4 members (excludes halogenated alkanes) is 2. The average Bonchev–Trinajstić information content (AvgIpc) is 2.59. The van der Waals surface area contributed by atoms with Gasteiger partial charge >= 0.3 is 0 Å². The van der Waals surface area contributed by atoms with Crippen LogP contribution in [0.3, 0.4) is 0 Å². The van der Waals surface area contributed by atoms with Gasteiger partial charge in [-0.1, -0.05) is 50.1 Å². The topological polar surface area (TPSA) is 45.2 Å². The number of pyridine rings is 1. The Hall–Kier alpha value is -2.36. The number of nitrogens with one attached hydrogen (secondary N) is 1. The van der Waals surface area contributed by atoms with Crippen LogP contribution in [0, 0.1) is 0 Å². The zero-order chi connectivity index (χ0) is 16.5. The molecular weight excluding hydrogens is 286 g/mol. The molecule has 1 N–H and O–H groups in total. The summed E-state index contributed by atoms with van der Waals surface area (Å²) in [4.78, 5) is 18.4. The lowest BCUT2D eigenvalue weighted by Gasteiger charge is -2.17. The number of anilines is 1. The van der Waals surface area contributed by atoms with Crippen LogP contribution in [0.25, 0.3) is 0 Å². The van der Waals surface area contributed by atoms with Crippen LogP contribution in [-0.2, 0) is 6.54 Å². The molecular formula is C19H25N3O. The number of hydrogen-bond acceptors (Lipinski definition) is 3. The van der Waals surface area contributed by atoms with Crippen LogP contribution in [0.2, 0.25) is 0 Å². The van der Waals surface area contributed by atoms with Gasteiger partial charge in [0.05, 0.1) is 11.3 Å². The van der Waals surface area contributed by atoms with Crippen molar-refractivity contribution in [1.29, 1.82) is 0 Å². The third kappa shape index (κ3) is 5.40. The molecule has 1 amide bonds. The van der Waals surface area contributed by atoms with Crippen molar-refractivity contribution < 1.29 is 4.79 Å². The second-order valence-electron chi connectivity index (χ2n) is 5.74. The Balaban J connectivity index is 1.95. The van der Waals surface area contributed by atoms with Crippen molar-refractivity contribution in [3.05, 3.63) is 59.9 Å². The Morgan fingerprint density at radius 2 is 1.96 bits per heavy atom. The summed E-state index contributed by atoms with van der Waals surface area (Å²) < 4.78 is 0. The van der Waals surface area contributed by atoms with Gasteiger partial charge in [-0.2, -0.15) is 0 Å². The number of amides is 1. The normalized spacial score (nSPS) is 10.3. The van der Waals surface area contributed by atoms with Gasteiger partial charge in [-0.05, 0) is 18.1 Å². The SMILES string of the molecule is CCCCCNc1cncc(C(=O)N(C)Cc2ccccc2)c1. The van der Waals surface area contributed by atoms with E-state index in [4.69, 9.17) is 0 Å². The Bertz CT molecular complexity index is 613. The largest absolute Gasteiger partial charge is 0.384 e. The first-order valence-corrected chi connectivity index (χ1v) is 8.19. The number of benzene rings is 1. The van der Waals surface area contributed by atoms with Crippen molar-refractivity contribution in [2.75, 3.05) is 18.9 Å². The van der Waals surface area contributed by atoms with Gasteiger partial charge in [-0.3, -0.25) is 9.78 Å². The fourth-order valence-electron chi connectivity index (χ4n) is 2.41. The predicted molar refractivity (Wildman–Crippen MR) is 94.5 cm³/mol. The second-order valence-corrected chi connectivity index (χ2v) is 5.74. The molecule has 0 fully saturated rings. The van der Waals surface area contributed by atoms with E-state index in [0.29, 0.717) is 12.1 Å². The molecule has 1 aromatic heterocycles. The summed E-state index contributed by atoms with van der Waals surface area (Å²) in [6.07, 6.45) is 6.92. The van der Waals surface area contributed by atoms with Crippen LogP contribution < -0.4 is 5.32 Å². The maximum absolute atomic E-state index is 12.5. The minimum Gasteiger partial charge on any atom is -0.384 e. The Morgan fingerprint density at radius 1 is 1.17 bits per heavy atom. The van der Waals surface area contributed by atoms with Gasteiger partial charge in [0.25, 0.3) is 5.91 Å². The molecule has 23 heavy (non-hydrogen) atoms. The third-order valence-corrected chi connectivity index (χ3v) is 3.70. The molecule has 2 aromatic rings. The van der Waals surface area contributed by atoms with Crippen LogP contribution in [-0.4, -0.2) is 29.4 Å². The molecule has 0 atom stereocenters. The number of aromatic nitrogens is 1. The zero-order valence-corrected chi connectivity index (χ0v) is 14.0. The van der Waals surface area contributed by atoms with Crippen LogP contribution in [0.1, 0.15) is 42.1 Å². The van der Waals surface area contributed by atoms with E-state index in [2.05, 4.69) is 17.2 Å². The van der Waals surface area contributed by atoms with Crippen molar-refractivity contribution >= 4 is 11.6 Å². The van der Waals surface area contributed by atoms with Crippen molar-refractivity contribution in [3.63, 3.8) is 0 Å². The second kappa shape index (κ2) is 8.93. The van der Waals surface area contributed by atoms with E-state index < -0.39 is 0 Å². The standard InChI is InChI=1S/C19H25N3O/c1-3-4-8-11-21-18-12-17(13-20-14-18)19(23)22(2)15-16-9-6-5-7-10-16/h5-7,9-10,12-14,21H,3-4,8,11,15H2,1-2H3. The number of carbonyl (C=O) groups excluding carboxylic acids is 1. The maximum Gasteiger partial charge on any atom is 0.255 e. The smallest absolute Gasteiger partial charge is 0.255 e. The van der Waals surface area contributed by atoms with E-state index in [1.54, 1.807) is 17.3 Å². The van der Waals surface area contributed by atoms with Gasteiger partial charge < -0.3 is 10.2 Å². The molecule has 0 spiro atoms. The molecule has 0 aliphatic rings. The lowest BCUT2D eigenvalue weighted by Crippen LogP contribution is -2.26. The maximum atomic E-state index is 12.5. The minimum absolute atomic E-state index is 0.0152. The Kier molecular flexibility index (Phi) is 6.60.